The predicted molar refractivity (Wildman–Crippen MR) is 92.8 cm³/mol. The van der Waals surface area contributed by atoms with Gasteiger partial charge in [-0.15, -0.1) is 10.2 Å². The number of carbonyl (C=O) groups excluding carboxylic acids is 1. The van der Waals surface area contributed by atoms with Gasteiger partial charge in [0.1, 0.15) is 19.5 Å². The molecule has 0 aliphatic carbocycles. The fourth-order valence-corrected chi connectivity index (χ4v) is 4.07. The fraction of sp³-hybridized carbons (Fsp3) is 0.471. The molecule has 1 atom stereocenters. The van der Waals surface area contributed by atoms with Crippen molar-refractivity contribution in [1.82, 2.24) is 19.7 Å². The van der Waals surface area contributed by atoms with Gasteiger partial charge < -0.3 is 18.9 Å². The molecule has 3 heterocycles. The molecule has 1 saturated heterocycles. The van der Waals surface area contributed by atoms with Crippen LogP contribution in [0.4, 0.5) is 0 Å². The van der Waals surface area contributed by atoms with Crippen LogP contribution >= 0.6 is 11.8 Å². The first-order valence-electron chi connectivity index (χ1n) is 8.38. The molecule has 0 spiro atoms. The number of carbonyl (C=O) groups is 1. The Balaban J connectivity index is 1.46. The zero-order chi connectivity index (χ0) is 17.2. The smallest absolute Gasteiger partial charge is 0.233 e. The van der Waals surface area contributed by atoms with E-state index in [1.54, 1.807) is 6.33 Å². The van der Waals surface area contributed by atoms with E-state index >= 15 is 0 Å². The van der Waals surface area contributed by atoms with Gasteiger partial charge in [-0.1, -0.05) is 17.8 Å². The standard InChI is InChI=1S/C17H20N4O3S/c1-20-11-18-19-17(20)25-10-16(22)21-6-2-3-13(21)12-4-5-14-15(9-12)24-8-7-23-14/h4-5,9,11,13H,2-3,6-8,10H2,1H3. The lowest BCUT2D eigenvalue weighted by Gasteiger charge is -2.26. The first-order valence-corrected chi connectivity index (χ1v) is 9.37. The van der Waals surface area contributed by atoms with Crippen molar-refractivity contribution in [3.05, 3.63) is 30.1 Å². The van der Waals surface area contributed by atoms with Crippen LogP contribution < -0.4 is 9.47 Å². The Morgan fingerprint density at radius 2 is 2.16 bits per heavy atom. The number of hydrogen-bond acceptors (Lipinski definition) is 6. The number of thioether (sulfide) groups is 1. The molecule has 0 saturated carbocycles. The Kier molecular flexibility index (Phi) is 4.52. The van der Waals surface area contributed by atoms with Crippen molar-refractivity contribution < 1.29 is 14.3 Å². The molecule has 7 nitrogen and oxygen atoms in total. The van der Waals surface area contributed by atoms with Gasteiger partial charge in [-0.2, -0.15) is 0 Å². The summed E-state index contributed by atoms with van der Waals surface area (Å²) in [6, 6.07) is 6.10. The molecule has 1 aromatic carbocycles. The van der Waals surface area contributed by atoms with E-state index < -0.39 is 0 Å². The molecule has 2 aliphatic rings. The lowest BCUT2D eigenvalue weighted by Crippen LogP contribution is -2.32. The Morgan fingerprint density at radius 3 is 2.96 bits per heavy atom. The molecule has 8 heteroatoms. The van der Waals surface area contributed by atoms with E-state index in [9.17, 15) is 4.79 Å². The summed E-state index contributed by atoms with van der Waals surface area (Å²) in [7, 11) is 1.88. The van der Waals surface area contributed by atoms with Crippen molar-refractivity contribution in [2.45, 2.75) is 24.0 Å². The highest BCUT2D eigenvalue weighted by molar-refractivity contribution is 7.99. The van der Waals surface area contributed by atoms with E-state index in [2.05, 4.69) is 10.2 Å². The van der Waals surface area contributed by atoms with Crippen molar-refractivity contribution in [3.63, 3.8) is 0 Å². The minimum Gasteiger partial charge on any atom is -0.486 e. The summed E-state index contributed by atoms with van der Waals surface area (Å²) in [4.78, 5) is 14.7. The van der Waals surface area contributed by atoms with Crippen LogP contribution in [0.15, 0.2) is 29.7 Å². The zero-order valence-electron chi connectivity index (χ0n) is 14.1. The number of amides is 1. The van der Waals surface area contributed by atoms with Crippen LogP contribution in [0.3, 0.4) is 0 Å². The predicted octanol–water partition coefficient (Wildman–Crippen LogP) is 2.04. The average molecular weight is 360 g/mol. The minimum absolute atomic E-state index is 0.100. The maximum Gasteiger partial charge on any atom is 0.233 e. The molecule has 1 aromatic heterocycles. The molecule has 132 valence electrons. The van der Waals surface area contributed by atoms with Crippen LogP contribution in [0.2, 0.25) is 0 Å². The molecule has 0 radical (unpaired) electrons. The van der Waals surface area contributed by atoms with Gasteiger partial charge in [0.05, 0.1) is 11.8 Å². The van der Waals surface area contributed by atoms with Gasteiger partial charge in [0, 0.05) is 13.6 Å². The summed E-state index contributed by atoms with van der Waals surface area (Å²) in [6.07, 6.45) is 3.63. The quantitative estimate of drug-likeness (QED) is 0.777. The maximum absolute atomic E-state index is 12.7. The number of hydrogen-bond donors (Lipinski definition) is 0. The number of aromatic nitrogens is 3. The van der Waals surface area contributed by atoms with Crippen LogP contribution in [0.25, 0.3) is 0 Å². The van der Waals surface area contributed by atoms with Gasteiger partial charge in [-0.3, -0.25) is 4.79 Å². The highest BCUT2D eigenvalue weighted by Crippen LogP contribution is 2.38. The third-order valence-corrected chi connectivity index (χ3v) is 5.54. The largest absolute Gasteiger partial charge is 0.486 e. The SMILES string of the molecule is Cn1cnnc1SCC(=O)N1CCCC1c1ccc2c(c1)OCCO2. The Morgan fingerprint density at radius 1 is 1.32 bits per heavy atom. The van der Waals surface area contributed by atoms with Crippen LogP contribution in [0.1, 0.15) is 24.4 Å². The minimum atomic E-state index is 0.100. The Labute approximate surface area is 150 Å². The van der Waals surface area contributed by atoms with Gasteiger partial charge in [-0.25, -0.2) is 0 Å². The first kappa shape index (κ1) is 16.3. The molecule has 25 heavy (non-hydrogen) atoms. The topological polar surface area (TPSA) is 69.5 Å². The molecular formula is C17H20N4O3S. The molecule has 0 N–H and O–H groups in total. The van der Waals surface area contributed by atoms with Crippen LogP contribution in [-0.2, 0) is 11.8 Å². The van der Waals surface area contributed by atoms with E-state index in [1.165, 1.54) is 11.8 Å². The number of aryl methyl sites for hydroxylation is 1. The highest BCUT2D eigenvalue weighted by atomic mass is 32.2. The molecule has 1 fully saturated rings. The van der Waals surface area contributed by atoms with Gasteiger partial charge in [0.15, 0.2) is 16.7 Å². The summed E-state index contributed by atoms with van der Waals surface area (Å²) >= 11 is 1.42. The number of rotatable bonds is 4. The van der Waals surface area contributed by atoms with Gasteiger partial charge >= 0.3 is 0 Å². The molecule has 2 aromatic rings. The molecular weight excluding hydrogens is 340 g/mol. The van der Waals surface area contributed by atoms with Crippen molar-refractivity contribution >= 4 is 17.7 Å². The number of fused-ring (bicyclic) bond motifs is 1. The van der Waals surface area contributed by atoms with Crippen molar-refractivity contribution in [3.8, 4) is 11.5 Å². The van der Waals surface area contributed by atoms with Crippen LogP contribution in [0, 0.1) is 0 Å². The third-order valence-electron chi connectivity index (χ3n) is 4.52. The van der Waals surface area contributed by atoms with E-state index in [4.69, 9.17) is 9.47 Å². The molecule has 1 amide bonds. The summed E-state index contributed by atoms with van der Waals surface area (Å²) < 4.78 is 13.1. The zero-order valence-corrected chi connectivity index (χ0v) is 14.9. The van der Waals surface area contributed by atoms with E-state index in [1.807, 2.05) is 34.7 Å². The van der Waals surface area contributed by atoms with Crippen LogP contribution in [-0.4, -0.2) is 51.1 Å². The number of nitrogens with zero attached hydrogens (tertiary/aromatic N) is 4. The monoisotopic (exact) mass is 360 g/mol. The van der Waals surface area contributed by atoms with E-state index in [0.717, 1.165) is 41.6 Å². The summed E-state index contributed by atoms with van der Waals surface area (Å²) in [5, 5.41) is 8.61. The van der Waals surface area contributed by atoms with Gasteiger partial charge in [0.2, 0.25) is 5.91 Å². The number of benzene rings is 1. The summed E-state index contributed by atoms with van der Waals surface area (Å²) in [5.74, 6) is 2.05. The highest BCUT2D eigenvalue weighted by Gasteiger charge is 2.31. The lowest BCUT2D eigenvalue weighted by molar-refractivity contribution is -0.129. The molecule has 2 aliphatic heterocycles. The van der Waals surface area contributed by atoms with Gasteiger partial charge in [-0.05, 0) is 30.5 Å². The molecule has 4 rings (SSSR count). The molecule has 0 bridgehead atoms. The van der Waals surface area contributed by atoms with E-state index in [0.29, 0.717) is 19.0 Å². The number of ether oxygens (including phenoxy) is 2. The third kappa shape index (κ3) is 3.30. The second-order valence-electron chi connectivity index (χ2n) is 6.16. The van der Waals surface area contributed by atoms with Crippen molar-refractivity contribution in [1.29, 1.82) is 0 Å². The normalized spacial score (nSPS) is 19.2. The fourth-order valence-electron chi connectivity index (χ4n) is 3.29. The second kappa shape index (κ2) is 6.95. The Hall–Kier alpha value is -2.22. The lowest BCUT2D eigenvalue weighted by atomic mass is 10.0. The average Bonchev–Trinajstić information content (AvgIpc) is 3.28. The maximum atomic E-state index is 12.7. The summed E-state index contributed by atoms with van der Waals surface area (Å²) in [6.45, 7) is 1.94. The summed E-state index contributed by atoms with van der Waals surface area (Å²) in [5.41, 5.74) is 1.11. The van der Waals surface area contributed by atoms with Crippen LogP contribution in [0.5, 0.6) is 11.5 Å². The van der Waals surface area contributed by atoms with Gasteiger partial charge in [0.25, 0.3) is 0 Å². The second-order valence-corrected chi connectivity index (χ2v) is 7.10. The Bertz CT molecular complexity index is 779. The number of likely N-dealkylation sites (tertiary alicyclic amines) is 1. The first-order chi connectivity index (χ1) is 12.2. The van der Waals surface area contributed by atoms with Crippen molar-refractivity contribution in [2.24, 2.45) is 7.05 Å². The molecule has 1 unspecified atom stereocenters. The van der Waals surface area contributed by atoms with Crippen molar-refractivity contribution in [2.75, 3.05) is 25.5 Å². The van der Waals surface area contributed by atoms with E-state index in [-0.39, 0.29) is 11.9 Å².